The van der Waals surface area contributed by atoms with E-state index in [1.165, 1.54) is 12.1 Å². The Morgan fingerprint density at radius 2 is 1.88 bits per heavy atom. The maximum atomic E-state index is 13.2. The van der Waals surface area contributed by atoms with Gasteiger partial charge in [-0.1, -0.05) is 23.2 Å². The van der Waals surface area contributed by atoms with Crippen molar-refractivity contribution in [3.8, 4) is 0 Å². The van der Waals surface area contributed by atoms with E-state index in [1.807, 2.05) is 0 Å². The van der Waals surface area contributed by atoms with Gasteiger partial charge in [-0.25, -0.2) is 9.82 Å². The average molecular weight is 261 g/mol. The first-order valence-corrected chi connectivity index (χ1v) is 5.34. The van der Waals surface area contributed by atoms with Crippen molar-refractivity contribution in [1.82, 2.24) is 5.43 Å². The van der Waals surface area contributed by atoms with Gasteiger partial charge < -0.3 is 0 Å². The average Bonchev–Trinajstić information content (AvgIpc) is 2.26. The lowest BCUT2D eigenvalue weighted by Crippen LogP contribution is -2.25. The zero-order chi connectivity index (χ0) is 11.7. The molecule has 3 nitrogen and oxygen atoms in total. The Labute approximate surface area is 101 Å². The van der Waals surface area contributed by atoms with Gasteiger partial charge in [0.05, 0.1) is 15.8 Å². The van der Waals surface area contributed by atoms with Crippen molar-refractivity contribution in [3.63, 3.8) is 0 Å². The van der Waals surface area contributed by atoms with Crippen molar-refractivity contribution in [2.24, 2.45) is 5.10 Å². The summed E-state index contributed by atoms with van der Waals surface area (Å²) in [5, 5.41) is 3.76. The molecule has 0 saturated heterocycles. The highest BCUT2D eigenvalue weighted by Crippen LogP contribution is 2.26. The number of hydrogen-bond acceptors (Lipinski definition) is 2. The number of nitrogens with one attached hydrogen (secondary N) is 1. The van der Waals surface area contributed by atoms with Crippen LogP contribution in [0.2, 0.25) is 10.0 Å². The van der Waals surface area contributed by atoms with Gasteiger partial charge in [0.1, 0.15) is 0 Å². The van der Waals surface area contributed by atoms with Crippen LogP contribution in [0.5, 0.6) is 0 Å². The van der Waals surface area contributed by atoms with Crippen molar-refractivity contribution in [1.29, 1.82) is 0 Å². The van der Waals surface area contributed by atoms with E-state index in [9.17, 15) is 9.18 Å². The maximum Gasteiger partial charge on any atom is 0.240 e. The van der Waals surface area contributed by atoms with Crippen molar-refractivity contribution >= 4 is 34.8 Å². The second-order valence-corrected chi connectivity index (χ2v) is 4.16. The molecule has 1 heterocycles. The molecule has 0 fully saturated rings. The summed E-state index contributed by atoms with van der Waals surface area (Å²) in [5.74, 6) is -0.782. The Kier molecular flexibility index (Phi) is 3.12. The lowest BCUT2D eigenvalue weighted by atomic mass is 10.0. The van der Waals surface area contributed by atoms with Crippen LogP contribution in [0, 0.1) is 5.82 Å². The highest BCUT2D eigenvalue weighted by Gasteiger charge is 2.16. The first kappa shape index (κ1) is 11.4. The molecule has 0 unspecified atom stereocenters. The molecule has 1 aromatic carbocycles. The molecular formula is C10H7Cl2FN2O. The Hall–Kier alpha value is -1.13. The second-order valence-electron chi connectivity index (χ2n) is 3.35. The summed E-state index contributed by atoms with van der Waals surface area (Å²) in [4.78, 5) is 10.9. The van der Waals surface area contributed by atoms with E-state index in [-0.39, 0.29) is 16.0 Å². The van der Waals surface area contributed by atoms with Crippen LogP contribution in [0.25, 0.3) is 0 Å². The van der Waals surface area contributed by atoms with Gasteiger partial charge in [-0.05, 0) is 12.1 Å². The van der Waals surface area contributed by atoms with Crippen LogP contribution < -0.4 is 5.43 Å². The molecule has 6 heteroatoms. The molecule has 1 amide bonds. The van der Waals surface area contributed by atoms with E-state index < -0.39 is 5.82 Å². The smallest absolute Gasteiger partial charge is 0.240 e. The lowest BCUT2D eigenvalue weighted by molar-refractivity contribution is -0.121. The fourth-order valence-corrected chi connectivity index (χ4v) is 1.89. The Morgan fingerprint density at radius 3 is 2.38 bits per heavy atom. The number of benzene rings is 1. The zero-order valence-electron chi connectivity index (χ0n) is 8.06. The molecule has 16 heavy (non-hydrogen) atoms. The SMILES string of the molecule is O=C1CCC(c2cc(Cl)c(F)c(Cl)c2)=NN1. The summed E-state index contributed by atoms with van der Waals surface area (Å²) < 4.78 is 13.2. The van der Waals surface area contributed by atoms with Crippen LogP contribution in [0.3, 0.4) is 0 Å². The largest absolute Gasteiger partial charge is 0.273 e. The molecule has 0 aliphatic carbocycles. The van der Waals surface area contributed by atoms with Gasteiger partial charge in [0, 0.05) is 18.4 Å². The van der Waals surface area contributed by atoms with Crippen LogP contribution in [0.4, 0.5) is 4.39 Å². The summed E-state index contributed by atoms with van der Waals surface area (Å²) in [7, 11) is 0. The van der Waals surface area contributed by atoms with Gasteiger partial charge in [-0.3, -0.25) is 4.79 Å². The van der Waals surface area contributed by atoms with Crippen LogP contribution in [0.15, 0.2) is 17.2 Å². The van der Waals surface area contributed by atoms with Gasteiger partial charge in [-0.2, -0.15) is 5.10 Å². The summed E-state index contributed by atoms with van der Waals surface area (Å²) in [6, 6.07) is 2.89. The van der Waals surface area contributed by atoms with Crippen LogP contribution in [-0.4, -0.2) is 11.6 Å². The predicted molar refractivity (Wildman–Crippen MR) is 60.3 cm³/mol. The van der Waals surface area contributed by atoms with Crippen LogP contribution >= 0.6 is 23.2 Å². The number of amides is 1. The van der Waals surface area contributed by atoms with E-state index >= 15 is 0 Å². The lowest BCUT2D eigenvalue weighted by Gasteiger charge is -2.12. The molecule has 1 aromatic rings. The summed E-state index contributed by atoms with van der Waals surface area (Å²) >= 11 is 11.3. The second kappa shape index (κ2) is 4.39. The first-order valence-electron chi connectivity index (χ1n) is 4.58. The van der Waals surface area contributed by atoms with Crippen LogP contribution in [0.1, 0.15) is 18.4 Å². The van der Waals surface area contributed by atoms with E-state index in [4.69, 9.17) is 23.2 Å². The van der Waals surface area contributed by atoms with Crippen molar-refractivity contribution in [3.05, 3.63) is 33.6 Å². The predicted octanol–water partition coefficient (Wildman–Crippen LogP) is 2.75. The van der Waals surface area contributed by atoms with Gasteiger partial charge in [0.25, 0.3) is 0 Å². The molecule has 0 aromatic heterocycles. The molecule has 1 aliphatic rings. The van der Waals surface area contributed by atoms with Gasteiger partial charge >= 0.3 is 0 Å². The summed E-state index contributed by atoms with van der Waals surface area (Å²) in [6.07, 6.45) is 0.843. The zero-order valence-corrected chi connectivity index (χ0v) is 9.57. The fraction of sp³-hybridized carbons (Fsp3) is 0.200. The quantitative estimate of drug-likeness (QED) is 0.776. The van der Waals surface area contributed by atoms with Crippen LogP contribution in [-0.2, 0) is 4.79 Å². The number of nitrogens with zero attached hydrogens (tertiary/aromatic N) is 1. The molecule has 84 valence electrons. The topological polar surface area (TPSA) is 41.5 Å². The third kappa shape index (κ3) is 2.18. The molecule has 1 N–H and O–H groups in total. The fourth-order valence-electron chi connectivity index (χ4n) is 1.40. The molecule has 0 atom stereocenters. The van der Waals surface area contributed by atoms with E-state index in [0.29, 0.717) is 24.1 Å². The highest BCUT2D eigenvalue weighted by atomic mass is 35.5. The molecule has 0 bridgehead atoms. The number of halogens is 3. The normalized spacial score (nSPS) is 15.7. The van der Waals surface area contributed by atoms with Gasteiger partial charge in [-0.15, -0.1) is 0 Å². The van der Waals surface area contributed by atoms with Crippen molar-refractivity contribution < 1.29 is 9.18 Å². The summed E-state index contributed by atoms with van der Waals surface area (Å²) in [6.45, 7) is 0. The van der Waals surface area contributed by atoms with E-state index in [1.54, 1.807) is 0 Å². The van der Waals surface area contributed by atoms with E-state index in [0.717, 1.165) is 0 Å². The molecule has 1 aliphatic heterocycles. The first-order chi connectivity index (χ1) is 7.58. The minimum absolute atomic E-state index is 0.0536. The van der Waals surface area contributed by atoms with Crippen molar-refractivity contribution in [2.45, 2.75) is 12.8 Å². The number of carbonyl (C=O) groups excluding carboxylic acids is 1. The minimum atomic E-state index is -0.646. The molecule has 0 saturated carbocycles. The monoisotopic (exact) mass is 260 g/mol. The minimum Gasteiger partial charge on any atom is -0.273 e. The Balaban J connectivity index is 2.38. The van der Waals surface area contributed by atoms with Crippen molar-refractivity contribution in [2.75, 3.05) is 0 Å². The maximum absolute atomic E-state index is 13.2. The third-order valence-corrected chi connectivity index (χ3v) is 2.77. The standard InChI is InChI=1S/C10H7Cl2FN2O/c11-6-3-5(4-7(12)10(6)13)8-1-2-9(16)15-14-8/h3-4H,1-2H2,(H,15,16). The Bertz CT molecular complexity index is 465. The number of hydrogen-bond donors (Lipinski definition) is 1. The molecule has 0 radical (unpaired) electrons. The third-order valence-electron chi connectivity index (χ3n) is 2.22. The molecule has 2 rings (SSSR count). The highest BCUT2D eigenvalue weighted by molar-refractivity contribution is 6.35. The summed E-state index contributed by atoms with van der Waals surface area (Å²) in [5.41, 5.74) is 3.62. The molecule has 0 spiro atoms. The number of rotatable bonds is 1. The van der Waals surface area contributed by atoms with Gasteiger partial charge in [0.15, 0.2) is 5.82 Å². The number of hydrazone groups is 1. The van der Waals surface area contributed by atoms with E-state index in [2.05, 4.69) is 10.5 Å². The molecular weight excluding hydrogens is 254 g/mol. The van der Waals surface area contributed by atoms with Gasteiger partial charge in [0.2, 0.25) is 5.91 Å². The number of carbonyl (C=O) groups is 1. The Morgan fingerprint density at radius 1 is 1.25 bits per heavy atom.